The van der Waals surface area contributed by atoms with Crippen molar-refractivity contribution in [1.29, 1.82) is 0 Å². The van der Waals surface area contributed by atoms with Crippen LogP contribution in [-0.2, 0) is 25.5 Å². The minimum absolute atomic E-state index is 0.0477. The summed E-state index contributed by atoms with van der Waals surface area (Å²) in [7, 11) is -2.47. The van der Waals surface area contributed by atoms with Crippen molar-refractivity contribution in [2.45, 2.75) is 54.7 Å². The fourth-order valence-electron chi connectivity index (χ4n) is 2.99. The highest BCUT2D eigenvalue weighted by Crippen LogP contribution is 2.34. The van der Waals surface area contributed by atoms with Gasteiger partial charge in [-0.1, -0.05) is 6.07 Å². The van der Waals surface area contributed by atoms with Gasteiger partial charge < -0.3 is 15.4 Å². The monoisotopic (exact) mass is 422 g/mol. The third-order valence-electron chi connectivity index (χ3n) is 4.97. The second-order valence-electron chi connectivity index (χ2n) is 7.38. The fraction of sp³-hybridized carbons (Fsp3) is 0.611. The van der Waals surface area contributed by atoms with Gasteiger partial charge >= 0.3 is 6.18 Å². The minimum Gasteiger partial charge on any atom is -0.380 e. The summed E-state index contributed by atoms with van der Waals surface area (Å²) in [5, 5.41) is 5.70. The van der Waals surface area contributed by atoms with Crippen LogP contribution in [0.4, 0.5) is 13.2 Å². The van der Waals surface area contributed by atoms with Crippen molar-refractivity contribution in [3.8, 4) is 0 Å². The van der Waals surface area contributed by atoms with E-state index in [1.165, 1.54) is 13.8 Å². The molecule has 0 radical (unpaired) electrons. The normalized spacial score (nSPS) is 20.9. The molecule has 1 amide bonds. The average Bonchev–Trinajstić information content (AvgIpc) is 3.10. The quantitative estimate of drug-likeness (QED) is 0.703. The molecule has 0 aliphatic carbocycles. The molecule has 0 spiro atoms. The second-order valence-corrected chi connectivity index (χ2v) is 9.97. The molecule has 2 atom stereocenters. The average molecular weight is 422 g/mol. The molecule has 0 bridgehead atoms. The Morgan fingerprint density at radius 2 is 2.00 bits per heavy atom. The van der Waals surface area contributed by atoms with E-state index < -0.39 is 32.4 Å². The van der Waals surface area contributed by atoms with Crippen LogP contribution < -0.4 is 10.6 Å². The third-order valence-corrected chi connectivity index (χ3v) is 7.50. The first-order chi connectivity index (χ1) is 12.9. The van der Waals surface area contributed by atoms with Crippen LogP contribution in [0, 0.1) is 0 Å². The number of sulfone groups is 1. The Labute approximate surface area is 162 Å². The van der Waals surface area contributed by atoms with Gasteiger partial charge in [-0.15, -0.1) is 0 Å². The van der Waals surface area contributed by atoms with Gasteiger partial charge in [0.05, 0.1) is 27.4 Å². The Kier molecular flexibility index (Phi) is 6.78. The number of amides is 1. The van der Waals surface area contributed by atoms with Gasteiger partial charge in [-0.05, 0) is 44.9 Å². The van der Waals surface area contributed by atoms with Crippen molar-refractivity contribution in [3.63, 3.8) is 0 Å². The highest BCUT2D eigenvalue weighted by atomic mass is 32.2. The van der Waals surface area contributed by atoms with Gasteiger partial charge in [0.2, 0.25) is 5.91 Å². The fourth-order valence-corrected chi connectivity index (χ4v) is 4.53. The van der Waals surface area contributed by atoms with Gasteiger partial charge in [-0.3, -0.25) is 4.79 Å². The number of hydrogen-bond donors (Lipinski definition) is 2. The summed E-state index contributed by atoms with van der Waals surface area (Å²) in [5.41, 5.74) is -1.02. The van der Waals surface area contributed by atoms with Crippen LogP contribution in [-0.4, -0.2) is 51.4 Å². The molecule has 1 fully saturated rings. The summed E-state index contributed by atoms with van der Waals surface area (Å²) < 4.78 is 68.2. The maximum atomic E-state index is 12.9. The minimum atomic E-state index is -4.63. The Bertz CT molecular complexity index is 809. The second kappa shape index (κ2) is 8.38. The first kappa shape index (κ1) is 22.6. The number of carbonyl (C=O) groups is 1. The lowest BCUT2D eigenvalue weighted by Gasteiger charge is -2.25. The van der Waals surface area contributed by atoms with Crippen molar-refractivity contribution in [1.82, 2.24) is 10.6 Å². The third kappa shape index (κ3) is 5.03. The van der Waals surface area contributed by atoms with Crippen LogP contribution in [0.2, 0.25) is 0 Å². The van der Waals surface area contributed by atoms with Crippen LogP contribution in [0.5, 0.6) is 0 Å². The van der Waals surface area contributed by atoms with E-state index in [2.05, 4.69) is 10.6 Å². The van der Waals surface area contributed by atoms with Crippen LogP contribution >= 0.6 is 0 Å². The van der Waals surface area contributed by atoms with Gasteiger partial charge in [0.1, 0.15) is 0 Å². The molecule has 1 aliphatic rings. The van der Waals surface area contributed by atoms with E-state index in [1.54, 1.807) is 7.11 Å². The zero-order chi connectivity index (χ0) is 21.2. The molecule has 1 aromatic rings. The molecule has 28 heavy (non-hydrogen) atoms. The summed E-state index contributed by atoms with van der Waals surface area (Å²) in [5.74, 6) is -0.258. The number of carbonyl (C=O) groups excluding carboxylic acids is 1. The van der Waals surface area contributed by atoms with Gasteiger partial charge in [0.25, 0.3) is 0 Å². The van der Waals surface area contributed by atoms with E-state index in [0.717, 1.165) is 18.2 Å². The number of halogens is 3. The van der Waals surface area contributed by atoms with Crippen molar-refractivity contribution in [2.24, 2.45) is 0 Å². The van der Waals surface area contributed by atoms with Crippen molar-refractivity contribution < 1.29 is 31.1 Å². The van der Waals surface area contributed by atoms with Gasteiger partial charge in [-0.25, -0.2) is 8.42 Å². The Balaban J connectivity index is 2.02. The van der Waals surface area contributed by atoms with Gasteiger partial charge in [-0.2, -0.15) is 13.2 Å². The van der Waals surface area contributed by atoms with E-state index in [-0.39, 0.29) is 29.9 Å². The maximum Gasteiger partial charge on any atom is 0.416 e. The molecule has 1 aromatic carbocycles. The predicted molar refractivity (Wildman–Crippen MR) is 97.5 cm³/mol. The maximum absolute atomic E-state index is 12.9. The molecule has 1 saturated heterocycles. The number of nitrogens with one attached hydrogen (secondary N) is 2. The first-order valence-electron chi connectivity index (χ1n) is 8.84. The van der Waals surface area contributed by atoms with Crippen molar-refractivity contribution >= 4 is 15.7 Å². The Morgan fingerprint density at radius 1 is 1.32 bits per heavy atom. The predicted octanol–water partition coefficient (Wildman–Crippen LogP) is 2.14. The molecular weight excluding hydrogens is 397 g/mol. The lowest BCUT2D eigenvalue weighted by Crippen LogP contribution is -2.43. The molecule has 6 nitrogen and oxygen atoms in total. The van der Waals surface area contributed by atoms with E-state index in [4.69, 9.17) is 4.74 Å². The van der Waals surface area contributed by atoms with E-state index in [9.17, 15) is 26.4 Å². The number of ether oxygens (including phenoxy) is 1. The number of hydrogen-bond acceptors (Lipinski definition) is 5. The van der Waals surface area contributed by atoms with Crippen molar-refractivity contribution in [3.05, 3.63) is 29.8 Å². The molecule has 2 rings (SSSR count). The summed E-state index contributed by atoms with van der Waals surface area (Å²) in [6.45, 7) is 3.51. The van der Waals surface area contributed by atoms with Crippen molar-refractivity contribution in [2.75, 3.05) is 20.2 Å². The van der Waals surface area contributed by atoms with E-state index >= 15 is 0 Å². The molecule has 0 aromatic heterocycles. The molecule has 2 unspecified atom stereocenters. The zero-order valence-electron chi connectivity index (χ0n) is 16.0. The van der Waals surface area contributed by atoms with Gasteiger partial charge in [0.15, 0.2) is 9.84 Å². The standard InChI is InChI=1S/C18H25F3N2O4S/c1-17(2,7-8-22-16(24)15-10-13(27-3)11-23-15)28(25,26)14-6-4-5-12(9-14)18(19,20)21/h4-6,9,13,15,23H,7-8,10-11H2,1-3H3,(H,22,24). The number of benzene rings is 1. The van der Waals surface area contributed by atoms with Crippen LogP contribution in [0.1, 0.15) is 32.3 Å². The largest absolute Gasteiger partial charge is 0.416 e. The van der Waals surface area contributed by atoms with E-state index in [1.807, 2.05) is 0 Å². The van der Waals surface area contributed by atoms with Crippen LogP contribution in [0.25, 0.3) is 0 Å². The topological polar surface area (TPSA) is 84.5 Å². The number of alkyl halides is 3. The lowest BCUT2D eigenvalue weighted by molar-refractivity contribution is -0.137. The molecule has 2 N–H and O–H groups in total. The molecule has 0 saturated carbocycles. The summed E-state index contributed by atoms with van der Waals surface area (Å²) in [6.07, 6.45) is -4.10. The zero-order valence-corrected chi connectivity index (χ0v) is 16.8. The highest BCUT2D eigenvalue weighted by molar-refractivity contribution is 7.92. The number of methoxy groups -OCH3 is 1. The SMILES string of the molecule is COC1CNC(C(=O)NCCC(C)(C)S(=O)(=O)c2cccc(C(F)(F)F)c2)C1. The molecule has 1 heterocycles. The van der Waals surface area contributed by atoms with E-state index in [0.29, 0.717) is 19.0 Å². The number of rotatable bonds is 7. The highest BCUT2D eigenvalue weighted by Gasteiger charge is 2.38. The van der Waals surface area contributed by atoms with Crippen LogP contribution in [0.3, 0.4) is 0 Å². The summed E-state index contributed by atoms with van der Waals surface area (Å²) in [6, 6.07) is 3.29. The Morgan fingerprint density at radius 3 is 2.57 bits per heavy atom. The smallest absolute Gasteiger partial charge is 0.380 e. The lowest BCUT2D eigenvalue weighted by atomic mass is 10.1. The Hall–Kier alpha value is -1.65. The molecule has 10 heteroatoms. The van der Waals surface area contributed by atoms with Gasteiger partial charge in [0, 0.05) is 20.2 Å². The molecule has 158 valence electrons. The summed E-state index contributed by atoms with van der Waals surface area (Å²) in [4.78, 5) is 11.8. The summed E-state index contributed by atoms with van der Waals surface area (Å²) >= 11 is 0. The molecular formula is C18H25F3N2O4S. The molecule has 1 aliphatic heterocycles. The van der Waals surface area contributed by atoms with Crippen LogP contribution in [0.15, 0.2) is 29.2 Å². The first-order valence-corrected chi connectivity index (χ1v) is 10.3.